The second-order valence-electron chi connectivity index (χ2n) is 5.82. The zero-order valence-corrected chi connectivity index (χ0v) is 16.6. The van der Waals surface area contributed by atoms with Crippen LogP contribution in [-0.2, 0) is 16.1 Å². The summed E-state index contributed by atoms with van der Waals surface area (Å²) in [5.41, 5.74) is 2.58. The standard InChI is InChI=1S/C20H19N3O2S2/c1-14-10-11-26-18(14)12-21-19(25)9-8-16-13-27-20(22-16)23(15(2)24)17-6-4-3-5-7-17/h3-11,13H,12H2,1-2H3,(H,21,25)/b9-8+. The number of nitrogens with one attached hydrogen (secondary N) is 1. The fraction of sp³-hybridized carbons (Fsp3) is 0.150. The van der Waals surface area contributed by atoms with E-state index in [1.807, 2.05) is 54.1 Å². The van der Waals surface area contributed by atoms with Crippen LogP contribution in [0, 0.1) is 6.92 Å². The number of hydrogen-bond donors (Lipinski definition) is 1. The molecule has 7 heteroatoms. The van der Waals surface area contributed by atoms with Crippen molar-refractivity contribution in [3.8, 4) is 0 Å². The lowest BCUT2D eigenvalue weighted by molar-refractivity contribution is -0.117. The van der Waals surface area contributed by atoms with Gasteiger partial charge in [0, 0.05) is 23.3 Å². The van der Waals surface area contributed by atoms with Crippen molar-refractivity contribution in [3.63, 3.8) is 0 Å². The molecular formula is C20H19N3O2S2. The van der Waals surface area contributed by atoms with Crippen molar-refractivity contribution in [2.45, 2.75) is 20.4 Å². The maximum absolute atomic E-state index is 12.1. The first-order chi connectivity index (χ1) is 13.0. The Kier molecular flexibility index (Phi) is 6.16. The summed E-state index contributed by atoms with van der Waals surface area (Å²) in [6.07, 6.45) is 3.11. The number of aryl methyl sites for hydroxylation is 1. The maximum Gasteiger partial charge on any atom is 0.244 e. The Morgan fingerprint density at radius 3 is 2.63 bits per heavy atom. The van der Waals surface area contributed by atoms with E-state index in [1.165, 1.54) is 29.9 Å². The molecule has 0 unspecified atom stereocenters. The minimum absolute atomic E-state index is 0.116. The normalized spacial score (nSPS) is 10.9. The van der Waals surface area contributed by atoms with Crippen LogP contribution >= 0.6 is 22.7 Å². The number of carbonyl (C=O) groups excluding carboxylic acids is 2. The topological polar surface area (TPSA) is 62.3 Å². The van der Waals surface area contributed by atoms with Gasteiger partial charge in [-0.1, -0.05) is 18.2 Å². The van der Waals surface area contributed by atoms with Gasteiger partial charge in [0.1, 0.15) is 0 Å². The van der Waals surface area contributed by atoms with Crippen LogP contribution in [0.1, 0.15) is 23.1 Å². The van der Waals surface area contributed by atoms with Crippen molar-refractivity contribution >= 4 is 51.4 Å². The lowest BCUT2D eigenvalue weighted by atomic mass is 10.3. The maximum atomic E-state index is 12.1. The van der Waals surface area contributed by atoms with E-state index in [4.69, 9.17) is 0 Å². The van der Waals surface area contributed by atoms with Gasteiger partial charge >= 0.3 is 0 Å². The molecule has 0 atom stereocenters. The summed E-state index contributed by atoms with van der Waals surface area (Å²) < 4.78 is 0. The highest BCUT2D eigenvalue weighted by Crippen LogP contribution is 2.29. The van der Waals surface area contributed by atoms with Gasteiger partial charge in [-0.05, 0) is 42.1 Å². The van der Waals surface area contributed by atoms with Crippen LogP contribution in [-0.4, -0.2) is 16.8 Å². The number of aromatic nitrogens is 1. The van der Waals surface area contributed by atoms with E-state index in [1.54, 1.807) is 22.3 Å². The number of hydrogen-bond acceptors (Lipinski definition) is 5. The summed E-state index contributed by atoms with van der Waals surface area (Å²) in [5, 5.41) is 7.27. The molecule has 0 saturated carbocycles. The van der Waals surface area contributed by atoms with E-state index in [2.05, 4.69) is 10.3 Å². The molecule has 27 heavy (non-hydrogen) atoms. The fourth-order valence-corrected chi connectivity index (χ4v) is 4.13. The Balaban J connectivity index is 1.66. The van der Waals surface area contributed by atoms with Crippen molar-refractivity contribution in [2.24, 2.45) is 0 Å². The third kappa shape index (κ3) is 4.90. The number of para-hydroxylation sites is 1. The molecule has 3 rings (SSSR count). The summed E-state index contributed by atoms with van der Waals surface area (Å²) in [6.45, 7) is 4.04. The SMILES string of the molecule is CC(=O)N(c1ccccc1)c1nc(/C=C/C(=O)NCc2sccc2C)cs1. The van der Waals surface area contributed by atoms with Crippen LogP contribution in [0.5, 0.6) is 0 Å². The Morgan fingerprint density at radius 1 is 1.19 bits per heavy atom. The Labute approximate surface area is 166 Å². The van der Waals surface area contributed by atoms with Crippen molar-refractivity contribution in [3.05, 3.63) is 69.4 Å². The van der Waals surface area contributed by atoms with Gasteiger partial charge in [0.25, 0.3) is 0 Å². The van der Waals surface area contributed by atoms with Crippen LogP contribution in [0.2, 0.25) is 0 Å². The highest BCUT2D eigenvalue weighted by Gasteiger charge is 2.17. The molecule has 0 saturated heterocycles. The summed E-state index contributed by atoms with van der Waals surface area (Å²) >= 11 is 2.98. The molecule has 5 nitrogen and oxygen atoms in total. The quantitative estimate of drug-likeness (QED) is 0.622. The smallest absolute Gasteiger partial charge is 0.244 e. The predicted molar refractivity (Wildman–Crippen MR) is 111 cm³/mol. The lowest BCUT2D eigenvalue weighted by Gasteiger charge is -2.17. The fourth-order valence-electron chi connectivity index (χ4n) is 2.43. The highest BCUT2D eigenvalue weighted by molar-refractivity contribution is 7.14. The second-order valence-corrected chi connectivity index (χ2v) is 7.66. The molecule has 1 N–H and O–H groups in total. The Bertz CT molecular complexity index is 961. The van der Waals surface area contributed by atoms with E-state index in [0.717, 1.165) is 10.6 Å². The molecule has 0 bridgehead atoms. The average Bonchev–Trinajstić information content (AvgIpc) is 3.28. The van der Waals surface area contributed by atoms with Gasteiger partial charge < -0.3 is 5.32 Å². The molecule has 3 aromatic rings. The van der Waals surface area contributed by atoms with E-state index < -0.39 is 0 Å². The van der Waals surface area contributed by atoms with Gasteiger partial charge in [-0.2, -0.15) is 0 Å². The van der Waals surface area contributed by atoms with Crippen LogP contribution in [0.3, 0.4) is 0 Å². The summed E-state index contributed by atoms with van der Waals surface area (Å²) in [7, 11) is 0. The molecule has 0 spiro atoms. The summed E-state index contributed by atoms with van der Waals surface area (Å²) in [5.74, 6) is -0.293. The molecule has 0 aliphatic carbocycles. The van der Waals surface area contributed by atoms with Gasteiger partial charge in [0.15, 0.2) is 5.13 Å². The van der Waals surface area contributed by atoms with Crippen molar-refractivity contribution < 1.29 is 9.59 Å². The summed E-state index contributed by atoms with van der Waals surface area (Å²) in [4.78, 5) is 31.2. The lowest BCUT2D eigenvalue weighted by Crippen LogP contribution is -2.22. The molecule has 1 aromatic carbocycles. The van der Waals surface area contributed by atoms with Crippen LogP contribution < -0.4 is 10.2 Å². The third-order valence-corrected chi connectivity index (χ3v) is 5.69. The Morgan fingerprint density at radius 2 is 1.96 bits per heavy atom. The second kappa shape index (κ2) is 8.75. The van der Waals surface area contributed by atoms with Gasteiger partial charge in [0.05, 0.1) is 17.9 Å². The van der Waals surface area contributed by atoms with Gasteiger partial charge in [-0.15, -0.1) is 22.7 Å². The number of rotatable bonds is 6. The van der Waals surface area contributed by atoms with Crippen LogP contribution in [0.15, 0.2) is 53.2 Å². The largest absolute Gasteiger partial charge is 0.348 e. The van der Waals surface area contributed by atoms with E-state index in [-0.39, 0.29) is 11.8 Å². The Hall–Kier alpha value is -2.77. The van der Waals surface area contributed by atoms with E-state index in [9.17, 15) is 9.59 Å². The number of thiophene rings is 1. The molecule has 0 radical (unpaired) electrons. The average molecular weight is 398 g/mol. The van der Waals surface area contributed by atoms with Crippen molar-refractivity contribution in [2.75, 3.05) is 4.90 Å². The number of carbonyl (C=O) groups is 2. The zero-order chi connectivity index (χ0) is 19.2. The first-order valence-electron chi connectivity index (χ1n) is 8.35. The third-order valence-electron chi connectivity index (χ3n) is 3.83. The molecule has 0 aliphatic heterocycles. The van der Waals surface area contributed by atoms with Crippen LogP contribution in [0.25, 0.3) is 6.08 Å². The first kappa shape index (κ1) is 19.0. The molecule has 0 aliphatic rings. The zero-order valence-electron chi connectivity index (χ0n) is 15.0. The molecule has 2 aromatic heterocycles. The monoisotopic (exact) mass is 397 g/mol. The minimum Gasteiger partial charge on any atom is -0.348 e. The van der Waals surface area contributed by atoms with Gasteiger partial charge in [-0.3, -0.25) is 14.5 Å². The summed E-state index contributed by atoms with van der Waals surface area (Å²) in [6, 6.07) is 11.4. The van der Waals surface area contributed by atoms with Crippen LogP contribution in [0.4, 0.5) is 10.8 Å². The molecule has 0 fully saturated rings. The number of benzene rings is 1. The molecule has 2 heterocycles. The molecular weight excluding hydrogens is 378 g/mol. The number of thiazole rings is 1. The van der Waals surface area contributed by atoms with Gasteiger partial charge in [-0.25, -0.2) is 4.98 Å². The first-order valence-corrected chi connectivity index (χ1v) is 10.1. The predicted octanol–water partition coefficient (Wildman–Crippen LogP) is 4.53. The highest BCUT2D eigenvalue weighted by atomic mass is 32.1. The van der Waals surface area contributed by atoms with Crippen molar-refractivity contribution in [1.29, 1.82) is 0 Å². The number of anilines is 2. The van der Waals surface area contributed by atoms with Crippen molar-refractivity contribution in [1.82, 2.24) is 10.3 Å². The minimum atomic E-state index is -0.177. The number of nitrogens with zero attached hydrogens (tertiary/aromatic N) is 2. The molecule has 2 amide bonds. The number of amides is 2. The van der Waals surface area contributed by atoms with Gasteiger partial charge in [0.2, 0.25) is 11.8 Å². The van der Waals surface area contributed by atoms with E-state index in [0.29, 0.717) is 17.4 Å². The molecule has 138 valence electrons. The van der Waals surface area contributed by atoms with E-state index >= 15 is 0 Å².